The Hall–Kier alpha value is -2.91. The summed E-state index contributed by atoms with van der Waals surface area (Å²) in [5.41, 5.74) is -2.21. The van der Waals surface area contributed by atoms with Gasteiger partial charge in [0, 0.05) is 7.05 Å². The Kier molecular flexibility index (Phi) is 4.21. The molecule has 3 rings (SSSR count). The van der Waals surface area contributed by atoms with Crippen LogP contribution in [-0.4, -0.2) is 9.55 Å². The number of aromatic nitrogens is 2. The van der Waals surface area contributed by atoms with Gasteiger partial charge in [-0.15, -0.1) is 10.2 Å². The second kappa shape index (κ2) is 6.11. The van der Waals surface area contributed by atoms with Crippen molar-refractivity contribution in [3.05, 3.63) is 53.6 Å². The minimum Gasteiger partial charge on any atom is -0.310 e. The zero-order valence-electron chi connectivity index (χ0n) is 13.1. The van der Waals surface area contributed by atoms with Crippen LogP contribution in [0.2, 0.25) is 0 Å². The Morgan fingerprint density at radius 1 is 0.846 bits per heavy atom. The number of halogens is 6. The number of benzene rings is 2. The van der Waals surface area contributed by atoms with Crippen LogP contribution >= 0.6 is 0 Å². The molecule has 3 aromatic rings. The van der Waals surface area contributed by atoms with Crippen molar-refractivity contribution >= 4 is 22.7 Å². The number of rotatable bonds is 2. The highest BCUT2D eigenvalue weighted by molar-refractivity contribution is 5.77. The van der Waals surface area contributed by atoms with Gasteiger partial charge in [-0.2, -0.15) is 26.3 Å². The van der Waals surface area contributed by atoms with E-state index in [9.17, 15) is 26.3 Å². The van der Waals surface area contributed by atoms with Crippen LogP contribution in [0.1, 0.15) is 11.1 Å². The average Bonchev–Trinajstić information content (AvgIpc) is 2.88. The average molecular weight is 372 g/mol. The molecule has 0 unspecified atom stereocenters. The zero-order valence-corrected chi connectivity index (χ0v) is 13.1. The van der Waals surface area contributed by atoms with Crippen molar-refractivity contribution in [1.29, 1.82) is 0 Å². The van der Waals surface area contributed by atoms with Crippen molar-refractivity contribution < 1.29 is 26.3 Å². The van der Waals surface area contributed by atoms with E-state index in [4.69, 9.17) is 0 Å². The summed E-state index contributed by atoms with van der Waals surface area (Å²) in [6.45, 7) is 0. The lowest BCUT2D eigenvalue weighted by Crippen LogP contribution is -2.10. The molecule has 4 nitrogen and oxygen atoms in total. The van der Waals surface area contributed by atoms with Crippen LogP contribution in [0.3, 0.4) is 0 Å². The van der Waals surface area contributed by atoms with Gasteiger partial charge in [0.2, 0.25) is 5.95 Å². The predicted octanol–water partition coefficient (Wildman–Crippen LogP) is 6.03. The van der Waals surface area contributed by atoms with Gasteiger partial charge in [0.1, 0.15) is 0 Å². The number of alkyl halides is 6. The molecule has 10 heteroatoms. The van der Waals surface area contributed by atoms with E-state index in [-0.39, 0.29) is 12.0 Å². The van der Waals surface area contributed by atoms with Gasteiger partial charge >= 0.3 is 12.4 Å². The van der Waals surface area contributed by atoms with Crippen molar-refractivity contribution in [2.24, 2.45) is 17.3 Å². The summed E-state index contributed by atoms with van der Waals surface area (Å²) < 4.78 is 78.6. The molecule has 0 radical (unpaired) electrons. The van der Waals surface area contributed by atoms with Crippen LogP contribution in [0.5, 0.6) is 0 Å². The summed E-state index contributed by atoms with van der Waals surface area (Å²) in [4.78, 5) is 4.13. The Morgan fingerprint density at radius 3 is 1.96 bits per heavy atom. The molecular weight excluding hydrogens is 362 g/mol. The van der Waals surface area contributed by atoms with Crippen LogP contribution in [0, 0.1) is 0 Å². The molecule has 136 valence electrons. The molecule has 0 saturated carbocycles. The third kappa shape index (κ3) is 3.53. The minimum atomic E-state index is -4.94. The highest BCUT2D eigenvalue weighted by Gasteiger charge is 2.37. The van der Waals surface area contributed by atoms with Crippen LogP contribution in [0.4, 0.5) is 38.0 Å². The summed E-state index contributed by atoms with van der Waals surface area (Å²) in [7, 11) is 1.61. The van der Waals surface area contributed by atoms with E-state index in [2.05, 4.69) is 15.2 Å². The van der Waals surface area contributed by atoms with Crippen molar-refractivity contribution in [2.75, 3.05) is 0 Å². The van der Waals surface area contributed by atoms with E-state index in [1.54, 1.807) is 31.3 Å². The number of para-hydroxylation sites is 2. The van der Waals surface area contributed by atoms with Gasteiger partial charge < -0.3 is 4.57 Å². The molecule has 0 fully saturated rings. The van der Waals surface area contributed by atoms with Crippen molar-refractivity contribution in [3.8, 4) is 0 Å². The highest BCUT2D eigenvalue weighted by Crippen LogP contribution is 2.38. The van der Waals surface area contributed by atoms with E-state index in [0.717, 1.165) is 0 Å². The summed E-state index contributed by atoms with van der Waals surface area (Å²) in [6, 6.07) is 7.97. The van der Waals surface area contributed by atoms with Gasteiger partial charge in [0.25, 0.3) is 0 Å². The Labute approximate surface area is 142 Å². The van der Waals surface area contributed by atoms with Gasteiger partial charge in [-0.05, 0) is 30.3 Å². The molecular formula is C16H10F6N4. The summed E-state index contributed by atoms with van der Waals surface area (Å²) in [5, 5.41) is 7.22. The first-order valence-electron chi connectivity index (χ1n) is 7.18. The molecule has 0 aliphatic heterocycles. The fourth-order valence-corrected chi connectivity index (χ4v) is 2.32. The van der Waals surface area contributed by atoms with E-state index in [1.165, 1.54) is 4.57 Å². The van der Waals surface area contributed by atoms with Crippen LogP contribution in [-0.2, 0) is 19.4 Å². The van der Waals surface area contributed by atoms with Crippen LogP contribution < -0.4 is 0 Å². The first kappa shape index (κ1) is 17.9. The molecule has 0 amide bonds. The van der Waals surface area contributed by atoms with Crippen molar-refractivity contribution in [1.82, 2.24) is 9.55 Å². The van der Waals surface area contributed by atoms with Gasteiger partial charge in [0.05, 0.1) is 27.8 Å². The zero-order chi connectivity index (χ0) is 19.1. The number of hydrogen-bond donors (Lipinski definition) is 0. The maximum Gasteiger partial charge on any atom is 0.416 e. The number of nitrogens with zero attached hydrogens (tertiary/aromatic N) is 4. The third-order valence-electron chi connectivity index (χ3n) is 3.59. The molecule has 0 saturated heterocycles. The monoisotopic (exact) mass is 372 g/mol. The normalized spacial score (nSPS) is 13.0. The molecule has 0 N–H and O–H groups in total. The summed E-state index contributed by atoms with van der Waals surface area (Å²) in [6.07, 6.45) is -9.88. The minimum absolute atomic E-state index is 0.0358. The van der Waals surface area contributed by atoms with Gasteiger partial charge in [-0.1, -0.05) is 12.1 Å². The number of imidazole rings is 1. The van der Waals surface area contributed by atoms with Crippen molar-refractivity contribution in [3.63, 3.8) is 0 Å². The third-order valence-corrected chi connectivity index (χ3v) is 3.59. The quantitative estimate of drug-likeness (QED) is 0.400. The van der Waals surface area contributed by atoms with E-state index >= 15 is 0 Å². The van der Waals surface area contributed by atoms with E-state index in [1.807, 2.05) is 0 Å². The first-order chi connectivity index (χ1) is 12.1. The Morgan fingerprint density at radius 2 is 1.42 bits per heavy atom. The van der Waals surface area contributed by atoms with Crippen molar-refractivity contribution in [2.45, 2.75) is 12.4 Å². The molecule has 0 atom stereocenters. The van der Waals surface area contributed by atoms with Gasteiger partial charge in [0.15, 0.2) is 0 Å². The second-order valence-electron chi connectivity index (χ2n) is 5.42. The first-order valence-corrected chi connectivity index (χ1v) is 7.18. The van der Waals surface area contributed by atoms with Crippen LogP contribution in [0.15, 0.2) is 52.7 Å². The van der Waals surface area contributed by atoms with E-state index < -0.39 is 29.2 Å². The summed E-state index contributed by atoms with van der Waals surface area (Å²) >= 11 is 0. The fourth-order valence-electron chi connectivity index (χ4n) is 2.32. The molecule has 1 heterocycles. The number of aryl methyl sites for hydroxylation is 1. The number of azo groups is 1. The fraction of sp³-hybridized carbons (Fsp3) is 0.188. The van der Waals surface area contributed by atoms with E-state index in [0.29, 0.717) is 23.2 Å². The lowest BCUT2D eigenvalue weighted by molar-refractivity contribution is -0.143. The van der Waals surface area contributed by atoms with Gasteiger partial charge in [-0.25, -0.2) is 4.98 Å². The van der Waals surface area contributed by atoms with Gasteiger partial charge in [-0.3, -0.25) is 0 Å². The topological polar surface area (TPSA) is 42.5 Å². The molecule has 1 aromatic heterocycles. The molecule has 0 aliphatic rings. The number of hydrogen-bond acceptors (Lipinski definition) is 3. The molecule has 0 bridgehead atoms. The molecule has 2 aromatic carbocycles. The largest absolute Gasteiger partial charge is 0.416 e. The smallest absolute Gasteiger partial charge is 0.310 e. The lowest BCUT2D eigenvalue weighted by Gasteiger charge is -2.12. The standard InChI is InChI=1S/C16H10F6N4/c1-26-13-5-3-2-4-12(13)23-14(26)25-24-11-7-9(15(17,18)19)6-10(8-11)16(20,21)22/h2-8H,1H3. The molecule has 26 heavy (non-hydrogen) atoms. The second-order valence-corrected chi connectivity index (χ2v) is 5.42. The molecule has 0 aliphatic carbocycles. The molecule has 0 spiro atoms. The maximum absolute atomic E-state index is 12.8. The predicted molar refractivity (Wildman–Crippen MR) is 81.3 cm³/mol. The Balaban J connectivity index is 2.05. The lowest BCUT2D eigenvalue weighted by atomic mass is 10.1. The highest BCUT2D eigenvalue weighted by atomic mass is 19.4. The maximum atomic E-state index is 12.8. The summed E-state index contributed by atoms with van der Waals surface area (Å²) in [5.74, 6) is 0.0529. The van der Waals surface area contributed by atoms with Crippen LogP contribution in [0.25, 0.3) is 11.0 Å². The SMILES string of the molecule is Cn1c(N=Nc2cc(C(F)(F)F)cc(C(F)(F)F)c2)nc2ccccc21. The number of fused-ring (bicyclic) bond motifs is 1. The Bertz CT molecular complexity index is 952.